The molecule has 0 bridgehead atoms. The molecule has 100 valence electrons. The minimum atomic E-state index is -0.414. The third kappa shape index (κ3) is 2.61. The maximum absolute atomic E-state index is 11.8. The van der Waals surface area contributed by atoms with Crippen molar-refractivity contribution in [1.82, 2.24) is 19.7 Å². The Labute approximate surface area is 105 Å². The Hall–Kier alpha value is -1.63. The van der Waals surface area contributed by atoms with Crippen LogP contribution in [0.5, 0.6) is 0 Å². The standard InChI is InChI=1S/C11H19N5O2/c1-15-10(17)9(14-16(2)11(15)18)13-7-5-8-4-3-6-12-8/h8,12H,3-7H2,1-2H3,(H,13,14). The highest BCUT2D eigenvalue weighted by Crippen LogP contribution is 2.08. The number of nitrogens with zero attached hydrogens (tertiary/aromatic N) is 3. The average molecular weight is 253 g/mol. The molecular weight excluding hydrogens is 234 g/mol. The van der Waals surface area contributed by atoms with Gasteiger partial charge in [-0.25, -0.2) is 9.48 Å². The molecule has 7 heteroatoms. The van der Waals surface area contributed by atoms with Gasteiger partial charge in [-0.1, -0.05) is 0 Å². The molecule has 2 heterocycles. The van der Waals surface area contributed by atoms with Gasteiger partial charge in [-0.3, -0.25) is 9.36 Å². The number of anilines is 1. The van der Waals surface area contributed by atoms with E-state index >= 15 is 0 Å². The Morgan fingerprint density at radius 1 is 1.44 bits per heavy atom. The van der Waals surface area contributed by atoms with Crippen LogP contribution in [0.4, 0.5) is 5.82 Å². The summed E-state index contributed by atoms with van der Waals surface area (Å²) in [7, 11) is 2.99. The van der Waals surface area contributed by atoms with Crippen molar-refractivity contribution in [3.8, 4) is 0 Å². The number of rotatable bonds is 4. The summed E-state index contributed by atoms with van der Waals surface area (Å²) in [6.07, 6.45) is 3.35. The Balaban J connectivity index is 2.01. The van der Waals surface area contributed by atoms with Crippen LogP contribution < -0.4 is 21.9 Å². The SMILES string of the molecule is Cn1nc(NCCC2CCCN2)c(=O)n(C)c1=O. The van der Waals surface area contributed by atoms with E-state index in [-0.39, 0.29) is 11.4 Å². The number of hydrogen-bond donors (Lipinski definition) is 2. The highest BCUT2D eigenvalue weighted by Gasteiger charge is 2.14. The quantitative estimate of drug-likeness (QED) is 0.722. The molecule has 1 aliphatic heterocycles. The van der Waals surface area contributed by atoms with Gasteiger partial charge < -0.3 is 10.6 Å². The maximum atomic E-state index is 11.8. The Morgan fingerprint density at radius 3 is 2.89 bits per heavy atom. The zero-order valence-electron chi connectivity index (χ0n) is 10.8. The molecule has 0 aliphatic carbocycles. The van der Waals surface area contributed by atoms with Crippen LogP contribution in [0.3, 0.4) is 0 Å². The van der Waals surface area contributed by atoms with E-state index in [0.29, 0.717) is 12.6 Å². The lowest BCUT2D eigenvalue weighted by Gasteiger charge is -2.11. The first kappa shape index (κ1) is 12.8. The number of aryl methyl sites for hydroxylation is 1. The molecule has 2 N–H and O–H groups in total. The highest BCUT2D eigenvalue weighted by molar-refractivity contribution is 5.29. The van der Waals surface area contributed by atoms with Gasteiger partial charge in [0.05, 0.1) is 0 Å². The summed E-state index contributed by atoms with van der Waals surface area (Å²) in [6, 6.07) is 0.522. The van der Waals surface area contributed by atoms with Gasteiger partial charge in [-0.05, 0) is 25.8 Å². The van der Waals surface area contributed by atoms with Gasteiger partial charge in [-0.2, -0.15) is 0 Å². The van der Waals surface area contributed by atoms with E-state index in [2.05, 4.69) is 15.7 Å². The molecular formula is C11H19N5O2. The lowest BCUT2D eigenvalue weighted by atomic mass is 10.1. The number of hydrogen-bond acceptors (Lipinski definition) is 5. The fraction of sp³-hybridized carbons (Fsp3) is 0.727. The fourth-order valence-corrected chi connectivity index (χ4v) is 2.18. The van der Waals surface area contributed by atoms with E-state index < -0.39 is 5.69 Å². The normalized spacial score (nSPS) is 19.1. The lowest BCUT2D eigenvalue weighted by Crippen LogP contribution is -2.40. The van der Waals surface area contributed by atoms with Gasteiger partial charge in [-0.15, -0.1) is 5.10 Å². The largest absolute Gasteiger partial charge is 0.364 e. The van der Waals surface area contributed by atoms with Gasteiger partial charge in [0.25, 0.3) is 5.56 Å². The third-order valence-electron chi connectivity index (χ3n) is 3.27. The second kappa shape index (κ2) is 5.34. The molecule has 1 aromatic heterocycles. The Kier molecular flexibility index (Phi) is 3.81. The zero-order valence-corrected chi connectivity index (χ0v) is 10.8. The van der Waals surface area contributed by atoms with E-state index in [1.807, 2.05) is 0 Å². The zero-order chi connectivity index (χ0) is 13.1. The fourth-order valence-electron chi connectivity index (χ4n) is 2.18. The first-order valence-corrected chi connectivity index (χ1v) is 6.21. The second-order valence-corrected chi connectivity index (χ2v) is 4.63. The van der Waals surface area contributed by atoms with Gasteiger partial charge in [0.1, 0.15) is 0 Å². The van der Waals surface area contributed by atoms with Crippen molar-refractivity contribution in [1.29, 1.82) is 0 Å². The van der Waals surface area contributed by atoms with Gasteiger partial charge in [0, 0.05) is 26.7 Å². The van der Waals surface area contributed by atoms with Gasteiger partial charge >= 0.3 is 5.69 Å². The number of aromatic nitrogens is 3. The van der Waals surface area contributed by atoms with Crippen molar-refractivity contribution in [2.45, 2.75) is 25.3 Å². The van der Waals surface area contributed by atoms with Crippen molar-refractivity contribution in [3.63, 3.8) is 0 Å². The molecule has 1 aliphatic rings. The summed E-state index contributed by atoms with van der Waals surface area (Å²) in [6.45, 7) is 1.75. The van der Waals surface area contributed by atoms with Crippen LogP contribution in [0.2, 0.25) is 0 Å². The van der Waals surface area contributed by atoms with Crippen LogP contribution in [0.25, 0.3) is 0 Å². The molecule has 0 aromatic carbocycles. The van der Waals surface area contributed by atoms with Crippen LogP contribution in [0.1, 0.15) is 19.3 Å². The minimum Gasteiger partial charge on any atom is -0.364 e. The summed E-state index contributed by atoms with van der Waals surface area (Å²) in [5.41, 5.74) is -0.791. The summed E-state index contributed by atoms with van der Waals surface area (Å²) < 4.78 is 2.22. The minimum absolute atomic E-state index is 0.234. The van der Waals surface area contributed by atoms with Crippen molar-refractivity contribution in [2.75, 3.05) is 18.4 Å². The summed E-state index contributed by atoms with van der Waals surface area (Å²) in [5, 5.41) is 10.3. The van der Waals surface area contributed by atoms with E-state index in [1.165, 1.54) is 26.9 Å². The maximum Gasteiger partial charge on any atom is 0.346 e. The third-order valence-corrected chi connectivity index (χ3v) is 3.27. The smallest absolute Gasteiger partial charge is 0.346 e. The van der Waals surface area contributed by atoms with Crippen molar-refractivity contribution >= 4 is 5.82 Å². The molecule has 1 fully saturated rings. The van der Waals surface area contributed by atoms with E-state index in [0.717, 1.165) is 22.2 Å². The Bertz CT molecular complexity index is 527. The monoisotopic (exact) mass is 253 g/mol. The molecule has 1 saturated heterocycles. The summed E-state index contributed by atoms with van der Waals surface area (Å²) in [4.78, 5) is 23.2. The molecule has 0 saturated carbocycles. The van der Waals surface area contributed by atoms with E-state index in [4.69, 9.17) is 0 Å². The van der Waals surface area contributed by atoms with E-state index in [9.17, 15) is 9.59 Å². The average Bonchev–Trinajstić information content (AvgIpc) is 2.86. The van der Waals surface area contributed by atoms with Crippen LogP contribution in [0.15, 0.2) is 9.59 Å². The summed E-state index contributed by atoms with van der Waals surface area (Å²) in [5.74, 6) is 0.234. The van der Waals surface area contributed by atoms with Crippen LogP contribution in [-0.4, -0.2) is 33.5 Å². The first-order valence-electron chi connectivity index (χ1n) is 6.21. The Morgan fingerprint density at radius 2 is 2.22 bits per heavy atom. The topological polar surface area (TPSA) is 81.0 Å². The molecule has 0 amide bonds. The number of nitrogens with one attached hydrogen (secondary N) is 2. The molecule has 0 spiro atoms. The molecule has 0 radical (unpaired) electrons. The molecule has 1 aromatic rings. The second-order valence-electron chi connectivity index (χ2n) is 4.63. The molecule has 1 atom stereocenters. The molecule has 7 nitrogen and oxygen atoms in total. The van der Waals surface area contributed by atoms with Crippen LogP contribution in [0, 0.1) is 0 Å². The van der Waals surface area contributed by atoms with Crippen molar-refractivity contribution < 1.29 is 0 Å². The van der Waals surface area contributed by atoms with Crippen LogP contribution >= 0.6 is 0 Å². The van der Waals surface area contributed by atoms with E-state index in [1.54, 1.807) is 0 Å². The van der Waals surface area contributed by atoms with Crippen molar-refractivity contribution in [3.05, 3.63) is 20.8 Å². The molecule has 18 heavy (non-hydrogen) atoms. The predicted molar refractivity (Wildman–Crippen MR) is 68.9 cm³/mol. The van der Waals surface area contributed by atoms with Crippen molar-refractivity contribution in [2.24, 2.45) is 14.1 Å². The summed E-state index contributed by atoms with van der Waals surface area (Å²) >= 11 is 0. The predicted octanol–water partition coefficient (Wildman–Crippen LogP) is -0.967. The lowest BCUT2D eigenvalue weighted by molar-refractivity contribution is 0.568. The highest BCUT2D eigenvalue weighted by atomic mass is 16.2. The van der Waals surface area contributed by atoms with Gasteiger partial charge in [0.2, 0.25) is 5.82 Å². The molecule has 2 rings (SSSR count). The van der Waals surface area contributed by atoms with Gasteiger partial charge in [0.15, 0.2) is 0 Å². The first-order chi connectivity index (χ1) is 8.59. The molecule has 1 unspecified atom stereocenters. The van der Waals surface area contributed by atoms with Crippen LogP contribution in [-0.2, 0) is 14.1 Å².